The van der Waals surface area contributed by atoms with Gasteiger partial charge in [0, 0.05) is 17.0 Å². The number of nitrogens with one attached hydrogen (secondary N) is 2. The van der Waals surface area contributed by atoms with Crippen molar-refractivity contribution in [2.75, 3.05) is 0 Å². The molecule has 0 fully saturated rings. The van der Waals surface area contributed by atoms with E-state index in [1.54, 1.807) is 36.4 Å². The normalized spacial score (nSPS) is 9.95. The third-order valence-corrected chi connectivity index (χ3v) is 3.16. The summed E-state index contributed by atoms with van der Waals surface area (Å²) >= 11 is 5.79. The molecule has 0 aromatic heterocycles. The Morgan fingerprint density at radius 1 is 0.905 bits per heavy atom. The van der Waals surface area contributed by atoms with Crippen LogP contribution in [0.3, 0.4) is 0 Å². The summed E-state index contributed by atoms with van der Waals surface area (Å²) in [6.45, 7) is 0. The molecule has 0 radical (unpaired) electrons. The summed E-state index contributed by atoms with van der Waals surface area (Å²) in [5, 5.41) is 0.665. The van der Waals surface area contributed by atoms with E-state index in [1.165, 1.54) is 0 Å². The van der Waals surface area contributed by atoms with Crippen molar-refractivity contribution in [1.82, 2.24) is 10.9 Å². The Morgan fingerprint density at radius 3 is 2.24 bits per heavy atom. The van der Waals surface area contributed by atoms with E-state index in [0.717, 1.165) is 5.56 Å². The van der Waals surface area contributed by atoms with E-state index in [2.05, 4.69) is 10.9 Å². The van der Waals surface area contributed by atoms with E-state index in [1.807, 2.05) is 18.2 Å². The first-order chi connectivity index (χ1) is 10.1. The number of halogens is 1. The molecule has 5 heteroatoms. The first-order valence-electron chi connectivity index (χ1n) is 6.54. The second-order valence-corrected chi connectivity index (χ2v) is 4.93. The van der Waals surface area contributed by atoms with E-state index in [4.69, 9.17) is 11.6 Å². The van der Waals surface area contributed by atoms with Crippen LogP contribution in [-0.2, 0) is 11.2 Å². The molecule has 21 heavy (non-hydrogen) atoms. The molecule has 0 aliphatic rings. The molecule has 108 valence electrons. The molecule has 2 rings (SSSR count). The van der Waals surface area contributed by atoms with Crippen molar-refractivity contribution in [3.05, 3.63) is 70.7 Å². The van der Waals surface area contributed by atoms with Gasteiger partial charge in [0.25, 0.3) is 5.91 Å². The molecular formula is C16H15ClN2O2. The molecule has 0 saturated heterocycles. The molecule has 2 aromatic carbocycles. The SMILES string of the molecule is O=C(CCc1ccc(Cl)cc1)NNC(=O)c1ccccc1. The summed E-state index contributed by atoms with van der Waals surface area (Å²) in [7, 11) is 0. The van der Waals surface area contributed by atoms with Crippen LogP contribution in [-0.4, -0.2) is 11.8 Å². The lowest BCUT2D eigenvalue weighted by Crippen LogP contribution is -2.41. The Kier molecular flexibility index (Phi) is 5.35. The zero-order valence-electron chi connectivity index (χ0n) is 11.3. The number of aryl methyl sites for hydroxylation is 1. The highest BCUT2D eigenvalue weighted by molar-refractivity contribution is 6.30. The lowest BCUT2D eigenvalue weighted by atomic mass is 10.1. The zero-order valence-corrected chi connectivity index (χ0v) is 12.1. The van der Waals surface area contributed by atoms with Gasteiger partial charge in [-0.1, -0.05) is 41.9 Å². The number of rotatable bonds is 4. The molecule has 2 aromatic rings. The molecule has 0 heterocycles. The number of carbonyl (C=O) groups excluding carboxylic acids is 2. The molecule has 0 saturated carbocycles. The molecule has 0 unspecified atom stereocenters. The van der Waals surface area contributed by atoms with Crippen LogP contribution in [0.4, 0.5) is 0 Å². The molecule has 4 nitrogen and oxygen atoms in total. The van der Waals surface area contributed by atoms with Crippen LogP contribution in [0.15, 0.2) is 54.6 Å². The fourth-order valence-electron chi connectivity index (χ4n) is 1.76. The van der Waals surface area contributed by atoms with Gasteiger partial charge >= 0.3 is 0 Å². The van der Waals surface area contributed by atoms with Crippen LogP contribution < -0.4 is 10.9 Å². The number of hydrogen-bond acceptors (Lipinski definition) is 2. The fraction of sp³-hybridized carbons (Fsp3) is 0.125. The Morgan fingerprint density at radius 2 is 1.57 bits per heavy atom. The summed E-state index contributed by atoms with van der Waals surface area (Å²) in [6.07, 6.45) is 0.876. The van der Waals surface area contributed by atoms with E-state index in [9.17, 15) is 9.59 Å². The van der Waals surface area contributed by atoms with Gasteiger partial charge in [-0.15, -0.1) is 0 Å². The van der Waals surface area contributed by atoms with Gasteiger partial charge in [-0.05, 0) is 36.2 Å². The van der Waals surface area contributed by atoms with E-state index >= 15 is 0 Å². The quantitative estimate of drug-likeness (QED) is 0.853. The number of hydrazine groups is 1. The topological polar surface area (TPSA) is 58.2 Å². The largest absolute Gasteiger partial charge is 0.273 e. The van der Waals surface area contributed by atoms with Crippen molar-refractivity contribution < 1.29 is 9.59 Å². The number of hydrogen-bond donors (Lipinski definition) is 2. The molecule has 0 bridgehead atoms. The van der Waals surface area contributed by atoms with Crippen LogP contribution in [0.25, 0.3) is 0 Å². The van der Waals surface area contributed by atoms with Crippen LogP contribution in [0.2, 0.25) is 5.02 Å². The van der Waals surface area contributed by atoms with Gasteiger partial charge in [-0.25, -0.2) is 0 Å². The summed E-state index contributed by atoms with van der Waals surface area (Å²) in [6, 6.07) is 16.0. The van der Waals surface area contributed by atoms with Crippen molar-refractivity contribution in [3.8, 4) is 0 Å². The maximum atomic E-state index is 11.7. The third kappa shape index (κ3) is 4.93. The summed E-state index contributed by atoms with van der Waals surface area (Å²) in [5.74, 6) is -0.579. The highest BCUT2D eigenvalue weighted by Gasteiger charge is 2.06. The maximum absolute atomic E-state index is 11.7. The average molecular weight is 303 g/mol. The standard InChI is InChI=1S/C16H15ClN2O2/c17-14-9-6-12(7-10-14)8-11-15(20)18-19-16(21)13-4-2-1-3-5-13/h1-7,9-10H,8,11H2,(H,18,20)(H,19,21). The highest BCUT2D eigenvalue weighted by atomic mass is 35.5. The Bertz CT molecular complexity index is 612. The lowest BCUT2D eigenvalue weighted by Gasteiger charge is -2.07. The van der Waals surface area contributed by atoms with Crippen LogP contribution in [0.1, 0.15) is 22.3 Å². The van der Waals surface area contributed by atoms with Gasteiger partial charge < -0.3 is 0 Å². The summed E-state index contributed by atoms with van der Waals surface area (Å²) in [5.41, 5.74) is 6.30. The van der Waals surface area contributed by atoms with Crippen molar-refractivity contribution in [2.24, 2.45) is 0 Å². The van der Waals surface area contributed by atoms with Gasteiger partial charge in [0.05, 0.1) is 0 Å². The minimum atomic E-state index is -0.338. The third-order valence-electron chi connectivity index (χ3n) is 2.91. The Balaban J connectivity index is 1.75. The number of benzene rings is 2. The van der Waals surface area contributed by atoms with Crippen LogP contribution >= 0.6 is 11.6 Å². The van der Waals surface area contributed by atoms with Gasteiger partial charge in [0.15, 0.2) is 0 Å². The Labute approximate surface area is 128 Å². The Hall–Kier alpha value is -2.33. The highest BCUT2D eigenvalue weighted by Crippen LogP contribution is 2.10. The number of amides is 2. The molecular weight excluding hydrogens is 288 g/mol. The van der Waals surface area contributed by atoms with Crippen molar-refractivity contribution in [1.29, 1.82) is 0 Å². The minimum absolute atomic E-state index is 0.241. The van der Waals surface area contributed by atoms with E-state index in [-0.39, 0.29) is 18.2 Å². The van der Waals surface area contributed by atoms with Crippen LogP contribution in [0, 0.1) is 0 Å². The lowest BCUT2D eigenvalue weighted by molar-refractivity contribution is -0.121. The second-order valence-electron chi connectivity index (χ2n) is 4.49. The van der Waals surface area contributed by atoms with Crippen molar-refractivity contribution >= 4 is 23.4 Å². The molecule has 0 aliphatic heterocycles. The van der Waals surface area contributed by atoms with Gasteiger partial charge in [-0.3, -0.25) is 20.4 Å². The van der Waals surface area contributed by atoms with Crippen molar-refractivity contribution in [2.45, 2.75) is 12.8 Å². The van der Waals surface area contributed by atoms with Gasteiger partial charge in [0.2, 0.25) is 5.91 Å². The smallest absolute Gasteiger partial charge is 0.269 e. The average Bonchev–Trinajstić information content (AvgIpc) is 2.53. The predicted molar refractivity (Wildman–Crippen MR) is 81.8 cm³/mol. The number of carbonyl (C=O) groups is 2. The van der Waals surface area contributed by atoms with Crippen molar-refractivity contribution in [3.63, 3.8) is 0 Å². The summed E-state index contributed by atoms with van der Waals surface area (Å²) in [4.78, 5) is 23.4. The second kappa shape index (κ2) is 7.45. The molecule has 0 spiro atoms. The minimum Gasteiger partial charge on any atom is -0.273 e. The maximum Gasteiger partial charge on any atom is 0.269 e. The predicted octanol–water partition coefficient (Wildman–Crippen LogP) is 2.73. The molecule has 0 atom stereocenters. The monoisotopic (exact) mass is 302 g/mol. The molecule has 0 aliphatic carbocycles. The van der Waals surface area contributed by atoms with E-state index in [0.29, 0.717) is 17.0 Å². The van der Waals surface area contributed by atoms with E-state index < -0.39 is 0 Å². The first kappa shape index (κ1) is 15.1. The van der Waals surface area contributed by atoms with Gasteiger partial charge in [0.1, 0.15) is 0 Å². The fourth-order valence-corrected chi connectivity index (χ4v) is 1.89. The van der Waals surface area contributed by atoms with Crippen LogP contribution in [0.5, 0.6) is 0 Å². The van der Waals surface area contributed by atoms with Gasteiger partial charge in [-0.2, -0.15) is 0 Å². The molecule has 2 N–H and O–H groups in total. The molecule has 2 amide bonds. The zero-order chi connectivity index (χ0) is 15.1. The first-order valence-corrected chi connectivity index (χ1v) is 6.91. The summed E-state index contributed by atoms with van der Waals surface area (Å²) < 4.78 is 0.